The number of thioether (sulfide) groups is 1. The van der Waals surface area contributed by atoms with Crippen LogP contribution >= 0.6 is 11.8 Å². The lowest BCUT2D eigenvalue weighted by Crippen LogP contribution is -2.16. The predicted molar refractivity (Wildman–Crippen MR) is 59.3 cm³/mol. The molecule has 1 fully saturated rings. The maximum absolute atomic E-state index is 10.8. The number of carbonyl (C=O) groups is 1. The van der Waals surface area contributed by atoms with Crippen molar-refractivity contribution in [2.45, 2.75) is 25.9 Å². The number of carbonyl (C=O) groups excluding carboxylic acids is 1. The summed E-state index contributed by atoms with van der Waals surface area (Å²) in [7, 11) is 0. The van der Waals surface area contributed by atoms with Crippen molar-refractivity contribution in [3.63, 3.8) is 0 Å². The van der Waals surface area contributed by atoms with Gasteiger partial charge in [0.15, 0.2) is 0 Å². The zero-order valence-electron chi connectivity index (χ0n) is 9.14. The van der Waals surface area contributed by atoms with Gasteiger partial charge in [-0.2, -0.15) is 16.7 Å². The van der Waals surface area contributed by atoms with Crippen LogP contribution in [0.2, 0.25) is 0 Å². The summed E-state index contributed by atoms with van der Waals surface area (Å²) in [6, 6.07) is 0. The molecule has 0 aliphatic carbocycles. The van der Waals surface area contributed by atoms with Crippen molar-refractivity contribution in [3.05, 3.63) is 11.7 Å². The normalized spacial score (nSPS) is 20.9. The third-order valence-electron chi connectivity index (χ3n) is 2.28. The molecule has 0 radical (unpaired) electrons. The minimum Gasteiger partial charge on any atom is -0.368 e. The number of hydrogen-bond acceptors (Lipinski definition) is 6. The number of rotatable bonds is 4. The van der Waals surface area contributed by atoms with Crippen molar-refractivity contribution in [2.75, 3.05) is 18.1 Å². The number of ketones is 1. The largest absolute Gasteiger partial charge is 0.368 e. The Morgan fingerprint density at radius 3 is 3.19 bits per heavy atom. The Morgan fingerprint density at radius 1 is 1.62 bits per heavy atom. The molecule has 0 N–H and O–H groups in total. The van der Waals surface area contributed by atoms with E-state index in [1.54, 1.807) is 6.92 Å². The van der Waals surface area contributed by atoms with E-state index in [0.29, 0.717) is 24.6 Å². The fourth-order valence-corrected chi connectivity index (χ4v) is 2.26. The van der Waals surface area contributed by atoms with Crippen LogP contribution in [0.3, 0.4) is 0 Å². The van der Waals surface area contributed by atoms with E-state index in [4.69, 9.17) is 9.26 Å². The quantitative estimate of drug-likeness (QED) is 0.795. The van der Waals surface area contributed by atoms with Crippen LogP contribution in [0, 0.1) is 0 Å². The first-order valence-corrected chi connectivity index (χ1v) is 6.42. The monoisotopic (exact) mass is 242 g/mol. The molecule has 2 heterocycles. The molecule has 1 atom stereocenters. The van der Waals surface area contributed by atoms with E-state index < -0.39 is 0 Å². The van der Waals surface area contributed by atoms with Gasteiger partial charge in [-0.25, -0.2) is 0 Å². The summed E-state index contributed by atoms with van der Waals surface area (Å²) in [6.45, 7) is 2.28. The molecule has 0 aromatic carbocycles. The molecular weight excluding hydrogens is 228 g/mol. The van der Waals surface area contributed by atoms with Gasteiger partial charge in [-0.15, -0.1) is 0 Å². The molecule has 6 heteroatoms. The van der Waals surface area contributed by atoms with E-state index in [1.165, 1.54) is 0 Å². The SMILES string of the molecule is CC(=O)CCc1nc(C2CSCCO2)no1. The minimum absolute atomic E-state index is 0.0615. The van der Waals surface area contributed by atoms with Gasteiger partial charge in [0.1, 0.15) is 11.9 Å². The van der Waals surface area contributed by atoms with Crippen LogP contribution in [0.4, 0.5) is 0 Å². The molecule has 1 aliphatic heterocycles. The van der Waals surface area contributed by atoms with Gasteiger partial charge in [0, 0.05) is 24.3 Å². The highest BCUT2D eigenvalue weighted by molar-refractivity contribution is 7.99. The second-order valence-electron chi connectivity index (χ2n) is 3.68. The highest BCUT2D eigenvalue weighted by Crippen LogP contribution is 2.24. The summed E-state index contributed by atoms with van der Waals surface area (Å²) in [6.07, 6.45) is 0.901. The molecule has 1 aromatic rings. The number of hydrogen-bond donors (Lipinski definition) is 0. The molecule has 0 bridgehead atoms. The van der Waals surface area contributed by atoms with Gasteiger partial charge in [0.2, 0.25) is 11.7 Å². The van der Waals surface area contributed by atoms with E-state index in [2.05, 4.69) is 10.1 Å². The van der Waals surface area contributed by atoms with Crippen molar-refractivity contribution >= 4 is 17.5 Å². The van der Waals surface area contributed by atoms with Gasteiger partial charge < -0.3 is 14.1 Å². The zero-order valence-corrected chi connectivity index (χ0v) is 9.96. The number of ether oxygens (including phenoxy) is 1. The van der Waals surface area contributed by atoms with Crippen LogP contribution in [0.5, 0.6) is 0 Å². The molecule has 88 valence electrons. The highest BCUT2D eigenvalue weighted by atomic mass is 32.2. The molecule has 0 saturated carbocycles. The summed E-state index contributed by atoms with van der Waals surface area (Å²) in [4.78, 5) is 15.0. The first kappa shape index (κ1) is 11.6. The molecular formula is C10H14N2O3S. The average molecular weight is 242 g/mol. The molecule has 2 rings (SSSR count). The molecule has 5 nitrogen and oxygen atoms in total. The molecule has 16 heavy (non-hydrogen) atoms. The van der Waals surface area contributed by atoms with Gasteiger partial charge in [-0.3, -0.25) is 0 Å². The number of nitrogens with zero attached hydrogens (tertiary/aromatic N) is 2. The Bertz CT molecular complexity index is 361. The van der Waals surface area contributed by atoms with Crippen molar-refractivity contribution in [2.24, 2.45) is 0 Å². The summed E-state index contributed by atoms with van der Waals surface area (Å²) in [5, 5.41) is 3.88. The first-order valence-electron chi connectivity index (χ1n) is 5.27. The predicted octanol–water partition coefficient (Wildman–Crippen LogP) is 1.40. The fraction of sp³-hybridized carbons (Fsp3) is 0.700. The van der Waals surface area contributed by atoms with Gasteiger partial charge in [-0.05, 0) is 6.92 Å². The number of aryl methyl sites for hydroxylation is 1. The maximum atomic E-state index is 10.8. The van der Waals surface area contributed by atoms with E-state index in [-0.39, 0.29) is 11.9 Å². The zero-order chi connectivity index (χ0) is 11.4. The molecule has 0 spiro atoms. The fourth-order valence-electron chi connectivity index (χ4n) is 1.42. The van der Waals surface area contributed by atoms with Crippen LogP contribution in [-0.2, 0) is 16.0 Å². The summed E-state index contributed by atoms with van der Waals surface area (Å²) in [5.41, 5.74) is 0. The van der Waals surface area contributed by atoms with Crippen LogP contribution in [0.15, 0.2) is 4.52 Å². The average Bonchev–Trinajstić information content (AvgIpc) is 2.76. The standard InChI is InChI=1S/C10H14N2O3S/c1-7(13)2-3-9-11-10(12-15-9)8-6-16-5-4-14-8/h8H,2-6H2,1H3. The van der Waals surface area contributed by atoms with Crippen molar-refractivity contribution in [3.8, 4) is 0 Å². The second kappa shape index (κ2) is 5.45. The number of aromatic nitrogens is 2. The van der Waals surface area contributed by atoms with E-state index in [1.807, 2.05) is 11.8 Å². The first-order chi connectivity index (χ1) is 7.75. The van der Waals surface area contributed by atoms with Crippen molar-refractivity contribution < 1.29 is 14.1 Å². The third kappa shape index (κ3) is 3.05. The lowest BCUT2D eigenvalue weighted by atomic mass is 10.2. The molecule has 1 aliphatic rings. The molecule has 1 unspecified atom stereocenters. The van der Waals surface area contributed by atoms with Crippen molar-refractivity contribution in [1.29, 1.82) is 0 Å². The van der Waals surface area contributed by atoms with E-state index in [9.17, 15) is 4.79 Å². The maximum Gasteiger partial charge on any atom is 0.227 e. The highest BCUT2D eigenvalue weighted by Gasteiger charge is 2.21. The third-order valence-corrected chi connectivity index (χ3v) is 3.27. The Hall–Kier alpha value is -0.880. The van der Waals surface area contributed by atoms with Gasteiger partial charge >= 0.3 is 0 Å². The second-order valence-corrected chi connectivity index (χ2v) is 4.83. The van der Waals surface area contributed by atoms with E-state index >= 15 is 0 Å². The summed E-state index contributed by atoms with van der Waals surface area (Å²) in [5.74, 6) is 3.14. The summed E-state index contributed by atoms with van der Waals surface area (Å²) >= 11 is 1.82. The van der Waals surface area contributed by atoms with Crippen LogP contribution < -0.4 is 0 Å². The Labute approximate surface area is 97.9 Å². The molecule has 1 saturated heterocycles. The van der Waals surface area contributed by atoms with Gasteiger partial charge in [0.25, 0.3) is 0 Å². The number of Topliss-reactive ketones (excluding diaryl/α,β-unsaturated/α-hetero) is 1. The molecule has 0 amide bonds. The topological polar surface area (TPSA) is 65.2 Å². The molecule has 1 aromatic heterocycles. The van der Waals surface area contributed by atoms with Gasteiger partial charge in [0.05, 0.1) is 6.61 Å². The van der Waals surface area contributed by atoms with E-state index in [0.717, 1.165) is 18.1 Å². The minimum atomic E-state index is -0.0615. The van der Waals surface area contributed by atoms with Crippen LogP contribution in [0.25, 0.3) is 0 Å². The van der Waals surface area contributed by atoms with Gasteiger partial charge in [-0.1, -0.05) is 5.16 Å². The van der Waals surface area contributed by atoms with Crippen LogP contribution in [0.1, 0.15) is 31.2 Å². The van der Waals surface area contributed by atoms with Crippen LogP contribution in [-0.4, -0.2) is 34.0 Å². The lowest BCUT2D eigenvalue weighted by Gasteiger charge is -2.18. The Morgan fingerprint density at radius 2 is 2.50 bits per heavy atom. The van der Waals surface area contributed by atoms with Crippen molar-refractivity contribution in [1.82, 2.24) is 10.1 Å². The Kier molecular flexibility index (Phi) is 3.95. The summed E-state index contributed by atoms with van der Waals surface area (Å²) < 4.78 is 10.6. The smallest absolute Gasteiger partial charge is 0.227 e. The Balaban J connectivity index is 1.93. The lowest BCUT2D eigenvalue weighted by molar-refractivity contribution is -0.117.